The highest BCUT2D eigenvalue weighted by Crippen LogP contribution is 2.33. The van der Waals surface area contributed by atoms with Gasteiger partial charge in [-0.05, 0) is 43.5 Å². The second-order valence-electron chi connectivity index (χ2n) is 4.28. The fraction of sp³-hybridized carbons (Fsp3) is 0.538. The number of alkyl halides is 2. The van der Waals surface area contributed by atoms with Crippen molar-refractivity contribution in [1.29, 1.82) is 0 Å². The number of nitrogens with two attached hydrogens (primary N) is 1. The maximum Gasteiger partial charge on any atom is 0.270 e. The minimum absolute atomic E-state index is 0.0417. The monoisotopic (exact) mass is 261 g/mol. The topological polar surface area (TPSA) is 35.2 Å². The zero-order valence-electron chi connectivity index (χ0n) is 10.6. The van der Waals surface area contributed by atoms with E-state index in [4.69, 9.17) is 10.5 Å². The van der Waals surface area contributed by atoms with Gasteiger partial charge in [0.25, 0.3) is 5.92 Å². The summed E-state index contributed by atoms with van der Waals surface area (Å²) in [6.45, 7) is 1.27. The van der Waals surface area contributed by atoms with Crippen molar-refractivity contribution in [3.05, 3.63) is 29.1 Å². The average molecular weight is 261 g/mol. The number of rotatable bonds is 6. The van der Waals surface area contributed by atoms with Gasteiger partial charge in [-0.25, -0.2) is 13.2 Å². The van der Waals surface area contributed by atoms with Gasteiger partial charge in [-0.15, -0.1) is 0 Å². The van der Waals surface area contributed by atoms with Gasteiger partial charge in [-0.1, -0.05) is 0 Å². The Hall–Kier alpha value is -1.23. The predicted molar refractivity (Wildman–Crippen MR) is 64.5 cm³/mol. The second-order valence-corrected chi connectivity index (χ2v) is 4.28. The van der Waals surface area contributed by atoms with E-state index in [-0.39, 0.29) is 11.3 Å². The summed E-state index contributed by atoms with van der Waals surface area (Å²) >= 11 is 0. The zero-order chi connectivity index (χ0) is 13.8. The molecule has 0 bridgehead atoms. The molecular weight excluding hydrogens is 243 g/mol. The molecule has 18 heavy (non-hydrogen) atoms. The van der Waals surface area contributed by atoms with Crippen LogP contribution in [0.15, 0.2) is 12.1 Å². The van der Waals surface area contributed by atoms with Crippen LogP contribution in [0.2, 0.25) is 0 Å². The molecule has 0 spiro atoms. The van der Waals surface area contributed by atoms with E-state index in [1.54, 1.807) is 0 Å². The smallest absolute Gasteiger partial charge is 0.270 e. The molecule has 0 aromatic heterocycles. The Morgan fingerprint density at radius 1 is 1.28 bits per heavy atom. The van der Waals surface area contributed by atoms with Gasteiger partial charge in [0.1, 0.15) is 0 Å². The second kappa shape index (κ2) is 6.09. The number of ether oxygens (including phenoxy) is 1. The molecule has 0 amide bonds. The van der Waals surface area contributed by atoms with Gasteiger partial charge in [-0.2, -0.15) is 0 Å². The van der Waals surface area contributed by atoms with Gasteiger partial charge in [0, 0.05) is 12.5 Å². The van der Waals surface area contributed by atoms with Crippen LogP contribution in [0.1, 0.15) is 30.9 Å². The number of hydrogen-bond acceptors (Lipinski definition) is 2. The highest BCUT2D eigenvalue weighted by molar-refractivity contribution is 5.40. The molecule has 0 aliphatic rings. The van der Waals surface area contributed by atoms with Crippen LogP contribution in [0.4, 0.5) is 13.2 Å². The lowest BCUT2D eigenvalue weighted by atomic mass is 10.0. The third-order valence-corrected chi connectivity index (χ3v) is 2.73. The van der Waals surface area contributed by atoms with Crippen LogP contribution >= 0.6 is 0 Å². The van der Waals surface area contributed by atoms with Crippen LogP contribution in [0, 0.1) is 5.82 Å². The van der Waals surface area contributed by atoms with E-state index in [0.717, 1.165) is 19.4 Å². The fourth-order valence-electron chi connectivity index (χ4n) is 1.78. The molecule has 0 heterocycles. The number of benzene rings is 1. The number of unbranched alkanes of at least 4 members (excludes halogenated alkanes) is 1. The minimum Gasteiger partial charge on any atom is -0.493 e. The predicted octanol–water partition coefficient (Wildman–Crippen LogP) is 3.23. The van der Waals surface area contributed by atoms with Crippen molar-refractivity contribution >= 4 is 0 Å². The van der Waals surface area contributed by atoms with Crippen LogP contribution in [0.5, 0.6) is 5.75 Å². The molecule has 1 rings (SSSR count). The van der Waals surface area contributed by atoms with Crippen molar-refractivity contribution in [1.82, 2.24) is 0 Å². The lowest BCUT2D eigenvalue weighted by molar-refractivity contribution is 0.0170. The molecule has 102 valence electrons. The molecule has 0 aliphatic carbocycles. The first-order chi connectivity index (χ1) is 8.40. The molecule has 0 unspecified atom stereocenters. The average Bonchev–Trinajstić information content (AvgIpc) is 2.27. The van der Waals surface area contributed by atoms with E-state index in [1.165, 1.54) is 13.2 Å². The highest BCUT2D eigenvalue weighted by atomic mass is 19.3. The summed E-state index contributed by atoms with van der Waals surface area (Å²) in [6.07, 6.45) is 1.95. The summed E-state index contributed by atoms with van der Waals surface area (Å²) in [6, 6.07) is 2.13. The highest BCUT2D eigenvalue weighted by Gasteiger charge is 2.27. The van der Waals surface area contributed by atoms with Crippen molar-refractivity contribution in [2.75, 3.05) is 13.7 Å². The zero-order valence-corrected chi connectivity index (χ0v) is 10.6. The van der Waals surface area contributed by atoms with E-state index in [0.29, 0.717) is 24.9 Å². The largest absolute Gasteiger partial charge is 0.493 e. The van der Waals surface area contributed by atoms with Gasteiger partial charge in [0.05, 0.1) is 7.11 Å². The van der Waals surface area contributed by atoms with Gasteiger partial charge < -0.3 is 10.5 Å². The minimum atomic E-state index is -3.06. The molecule has 0 radical (unpaired) electrons. The van der Waals surface area contributed by atoms with Crippen LogP contribution in [0.25, 0.3) is 0 Å². The van der Waals surface area contributed by atoms with E-state index >= 15 is 0 Å². The summed E-state index contributed by atoms with van der Waals surface area (Å²) in [5.74, 6) is -3.77. The Kier molecular flexibility index (Phi) is 5.02. The van der Waals surface area contributed by atoms with Crippen LogP contribution in [-0.2, 0) is 12.3 Å². The Morgan fingerprint density at radius 3 is 2.44 bits per heavy atom. The summed E-state index contributed by atoms with van der Waals surface area (Å²) in [4.78, 5) is 0. The van der Waals surface area contributed by atoms with Crippen molar-refractivity contribution in [3.63, 3.8) is 0 Å². The Labute approximate surface area is 105 Å². The summed E-state index contributed by atoms with van der Waals surface area (Å²) in [5, 5.41) is 0. The SMILES string of the molecule is COc1c(F)cc(C(C)(F)F)cc1CCCCN. The molecule has 2 N–H and O–H groups in total. The van der Waals surface area contributed by atoms with E-state index in [1.807, 2.05) is 0 Å². The molecular formula is C13H18F3NO. The fourth-order valence-corrected chi connectivity index (χ4v) is 1.78. The number of halogens is 3. The van der Waals surface area contributed by atoms with Crippen molar-refractivity contribution < 1.29 is 17.9 Å². The van der Waals surface area contributed by atoms with E-state index in [9.17, 15) is 13.2 Å². The van der Waals surface area contributed by atoms with Gasteiger partial charge in [-0.3, -0.25) is 0 Å². The van der Waals surface area contributed by atoms with Crippen LogP contribution in [-0.4, -0.2) is 13.7 Å². The number of aryl methyl sites for hydroxylation is 1. The third kappa shape index (κ3) is 3.63. The van der Waals surface area contributed by atoms with Crippen molar-refractivity contribution in [2.45, 2.75) is 32.1 Å². The molecule has 0 fully saturated rings. The molecule has 0 aliphatic heterocycles. The molecule has 0 saturated heterocycles. The Bertz CT molecular complexity index is 402. The van der Waals surface area contributed by atoms with Gasteiger partial charge >= 0.3 is 0 Å². The van der Waals surface area contributed by atoms with Gasteiger partial charge in [0.2, 0.25) is 0 Å². The van der Waals surface area contributed by atoms with E-state index in [2.05, 4.69) is 0 Å². The van der Waals surface area contributed by atoms with Gasteiger partial charge in [0.15, 0.2) is 11.6 Å². The maximum absolute atomic E-state index is 13.7. The lowest BCUT2D eigenvalue weighted by Crippen LogP contribution is -2.10. The standard InChI is InChI=1S/C13H18F3NO/c1-13(15,16)10-7-9(5-3-4-6-17)12(18-2)11(14)8-10/h7-8H,3-6,17H2,1-2H3. The lowest BCUT2D eigenvalue weighted by Gasteiger charge is -2.15. The first-order valence-electron chi connectivity index (χ1n) is 5.85. The van der Waals surface area contributed by atoms with Crippen LogP contribution in [0.3, 0.4) is 0 Å². The molecule has 2 nitrogen and oxygen atoms in total. The first-order valence-corrected chi connectivity index (χ1v) is 5.85. The Balaban J connectivity index is 3.07. The quantitative estimate of drug-likeness (QED) is 0.798. The number of hydrogen-bond donors (Lipinski definition) is 1. The van der Waals surface area contributed by atoms with E-state index < -0.39 is 11.7 Å². The first kappa shape index (κ1) is 14.8. The van der Waals surface area contributed by atoms with Crippen molar-refractivity contribution in [3.8, 4) is 5.75 Å². The summed E-state index contributed by atoms with van der Waals surface area (Å²) < 4.78 is 45.0. The summed E-state index contributed by atoms with van der Waals surface area (Å²) in [7, 11) is 1.33. The molecule has 0 saturated carbocycles. The Morgan fingerprint density at radius 2 is 1.94 bits per heavy atom. The van der Waals surface area contributed by atoms with Crippen molar-refractivity contribution in [2.24, 2.45) is 5.73 Å². The molecule has 0 atom stereocenters. The molecule has 5 heteroatoms. The normalized spacial score (nSPS) is 11.7. The molecule has 1 aromatic carbocycles. The molecule has 1 aromatic rings. The van der Waals surface area contributed by atoms with Crippen LogP contribution < -0.4 is 10.5 Å². The summed E-state index contributed by atoms with van der Waals surface area (Å²) in [5.41, 5.74) is 5.50. The number of methoxy groups -OCH3 is 1. The maximum atomic E-state index is 13.7. The third-order valence-electron chi connectivity index (χ3n) is 2.73.